The van der Waals surface area contributed by atoms with Gasteiger partial charge in [-0.05, 0) is 122 Å². The monoisotopic (exact) mass is 709 g/mol. The molecule has 9 aromatic rings. The zero-order valence-electron chi connectivity index (χ0n) is 47.3. The normalized spacial score (nSPS) is 19.2. The van der Waals surface area contributed by atoms with Gasteiger partial charge in [0.25, 0.3) is 0 Å². The Balaban J connectivity index is 1.38. The second-order valence-electron chi connectivity index (χ2n) is 15.4. The van der Waals surface area contributed by atoms with Gasteiger partial charge in [-0.25, -0.2) is 0 Å². The van der Waals surface area contributed by atoms with Crippen LogP contribution in [0.25, 0.3) is 87.6 Å². The van der Waals surface area contributed by atoms with E-state index in [4.69, 9.17) is 16.4 Å². The summed E-state index contributed by atoms with van der Waals surface area (Å²) < 4.78 is 155. The first-order chi connectivity index (χ1) is 33.4. The molecule has 0 fully saturated rings. The van der Waals surface area contributed by atoms with E-state index in [2.05, 4.69) is 33.8 Å². The Labute approximate surface area is 342 Å². The fourth-order valence-electron chi connectivity index (χ4n) is 8.49. The van der Waals surface area contributed by atoms with Crippen LogP contribution in [0.3, 0.4) is 0 Å². The smallest absolute Gasteiger partial charge is 0.0622 e. The van der Waals surface area contributed by atoms with Gasteiger partial charge in [-0.2, -0.15) is 0 Å². The van der Waals surface area contributed by atoms with Gasteiger partial charge in [0.05, 0.1) is 23.3 Å². The highest BCUT2D eigenvalue weighted by atomic mass is 14.4. The molecule has 0 bridgehead atoms. The van der Waals surface area contributed by atoms with Crippen molar-refractivity contribution in [2.45, 2.75) is 51.4 Å². The second-order valence-corrected chi connectivity index (χ2v) is 15.4. The van der Waals surface area contributed by atoms with E-state index in [1.165, 1.54) is 12.1 Å². The van der Waals surface area contributed by atoms with Gasteiger partial charge < -0.3 is 0 Å². The summed E-state index contributed by atoms with van der Waals surface area (Å²) >= 11 is 0. The molecule has 0 amide bonds. The van der Waals surface area contributed by atoms with Crippen molar-refractivity contribution in [2.75, 3.05) is 0 Å². The third kappa shape index (κ3) is 5.04. The summed E-state index contributed by atoms with van der Waals surface area (Å²) in [6.07, 6.45) is 1.60. The van der Waals surface area contributed by atoms with E-state index in [1.54, 1.807) is 12.1 Å². The summed E-state index contributed by atoms with van der Waals surface area (Å²) in [6, 6.07) is 10.8. The molecule has 0 saturated carbocycles. The third-order valence-corrected chi connectivity index (χ3v) is 11.3. The maximum atomic E-state index is 9.78. The molecule has 0 saturated heterocycles. The van der Waals surface area contributed by atoms with Gasteiger partial charge in [-0.3, -0.25) is 0 Å². The van der Waals surface area contributed by atoms with Crippen LogP contribution in [-0.2, 0) is 10.8 Å². The molecule has 0 aromatic heterocycles. The van der Waals surface area contributed by atoms with Crippen molar-refractivity contribution in [3.8, 4) is 44.5 Å². The average Bonchev–Trinajstić information content (AvgIpc) is 3.35. The minimum absolute atomic E-state index is 0.00676. The molecule has 0 aliphatic heterocycles. The van der Waals surface area contributed by atoms with Gasteiger partial charge in [-0.1, -0.05) is 197 Å². The second kappa shape index (κ2) is 12.3. The lowest BCUT2D eigenvalue weighted by Gasteiger charge is -2.44. The zero-order chi connectivity index (χ0) is 51.4. The largest absolute Gasteiger partial charge is 0.0630 e. The first kappa shape index (κ1) is 19.4. The number of hydrogen-bond donors (Lipinski definition) is 0. The highest BCUT2D eigenvalue weighted by molar-refractivity contribution is 6.23. The van der Waals surface area contributed by atoms with Crippen LogP contribution in [0, 0.1) is 0 Å². The molecule has 0 N–H and O–H groups in total. The summed E-state index contributed by atoms with van der Waals surface area (Å²) in [5.74, 6) is 0. The van der Waals surface area contributed by atoms with Gasteiger partial charge in [-0.15, -0.1) is 0 Å². The molecule has 0 heteroatoms. The molecule has 0 atom stereocenters. The minimum atomic E-state index is -0.634. The van der Waals surface area contributed by atoms with E-state index >= 15 is 0 Å². The van der Waals surface area contributed by atoms with Crippen LogP contribution in [0.15, 0.2) is 169 Å². The van der Waals surface area contributed by atoms with Crippen LogP contribution in [0.2, 0.25) is 0 Å². The number of rotatable bonds is 4. The van der Waals surface area contributed by atoms with Crippen molar-refractivity contribution in [3.63, 3.8) is 0 Å². The van der Waals surface area contributed by atoms with Crippen molar-refractivity contribution >= 4 is 43.1 Å². The summed E-state index contributed by atoms with van der Waals surface area (Å²) in [5, 5.41) is -0.749. The average molecular weight is 710 g/mol. The number of fused-ring (bicyclic) bond motifs is 6. The Morgan fingerprint density at radius 1 is 0.389 bits per heavy atom. The van der Waals surface area contributed by atoms with E-state index in [0.717, 1.165) is 29.5 Å². The molecule has 54 heavy (non-hydrogen) atoms. The third-order valence-electron chi connectivity index (χ3n) is 11.3. The Morgan fingerprint density at radius 2 is 0.944 bits per heavy atom. The fraction of sp³-hybridized carbons (Fsp3) is 0.148. The van der Waals surface area contributed by atoms with Gasteiger partial charge >= 0.3 is 0 Å². The maximum absolute atomic E-state index is 9.78. The molecule has 1 aliphatic rings. The lowest BCUT2D eigenvalue weighted by Crippen LogP contribution is -2.34. The summed E-state index contributed by atoms with van der Waals surface area (Å²) in [4.78, 5) is 0. The fourth-order valence-corrected chi connectivity index (χ4v) is 8.49. The van der Waals surface area contributed by atoms with Crippen LogP contribution >= 0.6 is 0 Å². The van der Waals surface area contributed by atoms with E-state index in [0.29, 0.717) is 11.1 Å². The van der Waals surface area contributed by atoms with E-state index in [9.17, 15) is 6.85 Å². The molecule has 0 spiro atoms. The predicted octanol–water partition coefficient (Wildman–Crippen LogP) is 15.3. The molecule has 10 rings (SSSR count). The van der Waals surface area contributed by atoms with Crippen LogP contribution in [0.5, 0.6) is 0 Å². The van der Waals surface area contributed by atoms with E-state index in [-0.39, 0.29) is 76.3 Å². The molecule has 0 heterocycles. The number of benzene rings is 9. The number of hydrogen-bond acceptors (Lipinski definition) is 0. The Kier molecular flexibility index (Phi) is 4.41. The Bertz CT molecular complexity index is 3800. The van der Waals surface area contributed by atoms with Crippen LogP contribution in [0.4, 0.5) is 0 Å². The van der Waals surface area contributed by atoms with Crippen molar-refractivity contribution in [2.24, 2.45) is 0 Å². The van der Waals surface area contributed by atoms with Gasteiger partial charge in [0.1, 0.15) is 0 Å². The van der Waals surface area contributed by atoms with Crippen molar-refractivity contribution in [3.05, 3.63) is 181 Å². The van der Waals surface area contributed by atoms with E-state index in [1.807, 2.05) is 36.4 Å². The quantitative estimate of drug-likeness (QED) is 0.126. The Hall–Kier alpha value is -5.98. The summed E-state index contributed by atoms with van der Waals surface area (Å²) in [6.45, 7) is 8.58. The SMILES string of the molecule is [2H]c1c([2H])c([2H])c2c(-c3c(-c4ccccc4)ccc4c3C(C)(C)CCC4(C)C)c3c([2H])c([2H])c([2H])c([2H])c3c(-c3ccc(-c4c([2H])c([2H])c([2H])c5c4c([2H])c([2H])c4c([2H])c([2H])c([2H])c([2H])c45)cc3)c2c1[2H]. The summed E-state index contributed by atoms with van der Waals surface area (Å²) in [7, 11) is 0. The van der Waals surface area contributed by atoms with Crippen LogP contribution in [0.1, 0.15) is 75.0 Å². The highest BCUT2D eigenvalue weighted by Crippen LogP contribution is 2.55. The topological polar surface area (TPSA) is 0 Å². The molecule has 0 radical (unpaired) electrons. The van der Waals surface area contributed by atoms with Crippen LogP contribution in [-0.4, -0.2) is 0 Å². The van der Waals surface area contributed by atoms with Gasteiger partial charge in [0.15, 0.2) is 0 Å². The van der Waals surface area contributed by atoms with E-state index < -0.39 is 108 Å². The lowest BCUT2D eigenvalue weighted by molar-refractivity contribution is 0.333. The van der Waals surface area contributed by atoms with Crippen LogP contribution < -0.4 is 0 Å². The molecule has 1 aliphatic carbocycles. The Morgan fingerprint density at radius 3 is 1.63 bits per heavy atom. The molecule has 9 aromatic carbocycles. The van der Waals surface area contributed by atoms with Gasteiger partial charge in [0.2, 0.25) is 0 Å². The summed E-state index contributed by atoms with van der Waals surface area (Å²) in [5.41, 5.74) is 3.92. The molecular weight excluding hydrogens is 649 g/mol. The predicted molar refractivity (Wildman–Crippen MR) is 233 cm³/mol. The molecule has 0 unspecified atom stereocenters. The maximum Gasteiger partial charge on any atom is 0.0630 e. The van der Waals surface area contributed by atoms with Gasteiger partial charge in [0, 0.05) is 0 Å². The van der Waals surface area contributed by atoms with Crippen molar-refractivity contribution < 1.29 is 23.3 Å². The van der Waals surface area contributed by atoms with Crippen molar-refractivity contribution in [1.82, 2.24) is 0 Å². The highest BCUT2D eigenvalue weighted by Gasteiger charge is 2.40. The molecule has 0 nitrogen and oxygen atoms in total. The van der Waals surface area contributed by atoms with Crippen molar-refractivity contribution in [1.29, 1.82) is 0 Å². The lowest BCUT2D eigenvalue weighted by atomic mass is 9.60. The molecular formula is C54H44. The first-order valence-electron chi connectivity index (χ1n) is 26.6. The molecule has 260 valence electrons. The minimum Gasteiger partial charge on any atom is -0.0622 e. The zero-order valence-corrected chi connectivity index (χ0v) is 30.3. The standard InChI is InChI=1S/C54H44/c1-53(2)33-34-54(3,4)52-48(53)32-31-41(35-15-6-5-7-16-35)51(52)50-46-21-12-10-19-44(46)49(45-20-11-13-22-47(45)50)38-27-25-37(26-28-38)40-23-14-24-42-39-18-9-8-17-36(39)29-30-43(40)42/h5-32H,33-34H2,1-4H3/i8D,9D,10D,11D,12D,13D,14D,17D,18D,19D,20D,21D,22D,23D,24D,29D,30D. The first-order valence-corrected chi connectivity index (χ1v) is 18.1.